The Morgan fingerprint density at radius 1 is 1.03 bits per heavy atom. The predicted molar refractivity (Wildman–Crippen MR) is 124 cm³/mol. The number of fused-ring (bicyclic) bond motifs is 3. The molecule has 174 valence electrons. The Kier molecular flexibility index (Phi) is 6.96. The summed E-state index contributed by atoms with van der Waals surface area (Å²) >= 11 is 0. The maximum atomic E-state index is 12.7. The summed E-state index contributed by atoms with van der Waals surface area (Å²) in [5.74, 6) is -2.11. The van der Waals surface area contributed by atoms with Crippen LogP contribution in [-0.2, 0) is 14.3 Å². The fourth-order valence-electron chi connectivity index (χ4n) is 5.01. The lowest BCUT2D eigenvalue weighted by Crippen LogP contribution is -2.45. The van der Waals surface area contributed by atoms with Gasteiger partial charge in [0.15, 0.2) is 0 Å². The van der Waals surface area contributed by atoms with Crippen molar-refractivity contribution in [2.45, 2.75) is 44.6 Å². The van der Waals surface area contributed by atoms with Gasteiger partial charge in [0, 0.05) is 18.5 Å². The van der Waals surface area contributed by atoms with Gasteiger partial charge in [0.2, 0.25) is 5.91 Å². The fraction of sp³-hybridized carbons (Fsp3) is 0.423. The molecule has 4 rings (SSSR count). The average molecular weight is 451 g/mol. The van der Waals surface area contributed by atoms with Crippen LogP contribution in [0.1, 0.15) is 49.7 Å². The summed E-state index contributed by atoms with van der Waals surface area (Å²) in [4.78, 5) is 36.4. The van der Waals surface area contributed by atoms with E-state index in [0.717, 1.165) is 28.7 Å². The SMILES string of the molecule is CCC(CNC(=O)OCC1c2ccccc2-c2ccccc21)C(=O)N[C@@H]1CCC[C@@H]1C(=O)O. The number of amides is 2. The maximum absolute atomic E-state index is 12.7. The molecule has 2 aromatic rings. The van der Waals surface area contributed by atoms with Crippen LogP contribution in [0.5, 0.6) is 0 Å². The van der Waals surface area contributed by atoms with Crippen molar-refractivity contribution in [1.29, 1.82) is 0 Å². The highest BCUT2D eigenvalue weighted by Gasteiger charge is 2.35. The molecule has 0 bridgehead atoms. The molecule has 7 heteroatoms. The molecule has 1 unspecified atom stereocenters. The number of carboxylic acid groups (broad SMARTS) is 1. The number of benzene rings is 2. The maximum Gasteiger partial charge on any atom is 0.407 e. The van der Waals surface area contributed by atoms with Crippen LogP contribution >= 0.6 is 0 Å². The van der Waals surface area contributed by atoms with Crippen molar-refractivity contribution in [2.75, 3.05) is 13.2 Å². The lowest BCUT2D eigenvalue weighted by Gasteiger charge is -2.22. The summed E-state index contributed by atoms with van der Waals surface area (Å²) in [6.07, 6.45) is 2.00. The Bertz CT molecular complexity index is 991. The highest BCUT2D eigenvalue weighted by molar-refractivity contribution is 5.81. The van der Waals surface area contributed by atoms with E-state index in [1.807, 2.05) is 31.2 Å². The Labute approximate surface area is 193 Å². The van der Waals surface area contributed by atoms with Crippen molar-refractivity contribution in [3.63, 3.8) is 0 Å². The van der Waals surface area contributed by atoms with Gasteiger partial charge in [-0.25, -0.2) is 4.79 Å². The first kappa shape index (κ1) is 22.8. The average Bonchev–Trinajstić information content (AvgIpc) is 3.41. The predicted octanol–water partition coefficient (Wildman–Crippen LogP) is 3.92. The van der Waals surface area contributed by atoms with Gasteiger partial charge >= 0.3 is 12.1 Å². The van der Waals surface area contributed by atoms with Crippen LogP contribution in [0.25, 0.3) is 11.1 Å². The van der Waals surface area contributed by atoms with E-state index >= 15 is 0 Å². The third kappa shape index (κ3) is 4.87. The van der Waals surface area contributed by atoms with Gasteiger partial charge in [-0.15, -0.1) is 0 Å². The molecule has 0 saturated heterocycles. The molecule has 0 spiro atoms. The van der Waals surface area contributed by atoms with Gasteiger partial charge in [0.1, 0.15) is 6.61 Å². The van der Waals surface area contributed by atoms with Crippen molar-refractivity contribution in [1.82, 2.24) is 10.6 Å². The zero-order chi connectivity index (χ0) is 23.4. The number of carbonyl (C=O) groups is 3. The van der Waals surface area contributed by atoms with Crippen LogP contribution in [0, 0.1) is 11.8 Å². The van der Waals surface area contributed by atoms with Crippen molar-refractivity contribution < 1.29 is 24.2 Å². The Hall–Kier alpha value is -3.35. The summed E-state index contributed by atoms with van der Waals surface area (Å²) in [6.45, 7) is 2.22. The van der Waals surface area contributed by atoms with Crippen LogP contribution in [0.15, 0.2) is 48.5 Å². The van der Waals surface area contributed by atoms with Crippen LogP contribution in [0.4, 0.5) is 4.79 Å². The molecule has 2 amide bonds. The molecule has 0 heterocycles. The second-order valence-corrected chi connectivity index (χ2v) is 8.80. The first-order valence-corrected chi connectivity index (χ1v) is 11.6. The second-order valence-electron chi connectivity index (χ2n) is 8.80. The quantitative estimate of drug-likeness (QED) is 0.565. The molecule has 3 atom stereocenters. The summed E-state index contributed by atoms with van der Waals surface area (Å²) < 4.78 is 5.54. The van der Waals surface area contributed by atoms with Crippen LogP contribution in [0.3, 0.4) is 0 Å². The number of carboxylic acids is 1. The summed E-state index contributed by atoms with van der Waals surface area (Å²) in [5.41, 5.74) is 4.61. The van der Waals surface area contributed by atoms with E-state index in [0.29, 0.717) is 19.3 Å². The van der Waals surface area contributed by atoms with E-state index in [9.17, 15) is 19.5 Å². The first-order chi connectivity index (χ1) is 16.0. The largest absolute Gasteiger partial charge is 0.481 e. The molecule has 1 saturated carbocycles. The van der Waals surface area contributed by atoms with Gasteiger partial charge in [-0.2, -0.15) is 0 Å². The summed E-state index contributed by atoms with van der Waals surface area (Å²) in [7, 11) is 0. The van der Waals surface area contributed by atoms with Crippen molar-refractivity contribution in [3.05, 3.63) is 59.7 Å². The Morgan fingerprint density at radius 2 is 1.67 bits per heavy atom. The van der Waals surface area contributed by atoms with Gasteiger partial charge in [-0.05, 0) is 41.5 Å². The van der Waals surface area contributed by atoms with Crippen LogP contribution < -0.4 is 10.6 Å². The van der Waals surface area contributed by atoms with Crippen molar-refractivity contribution in [2.24, 2.45) is 11.8 Å². The van der Waals surface area contributed by atoms with E-state index in [2.05, 4.69) is 34.9 Å². The molecule has 33 heavy (non-hydrogen) atoms. The third-order valence-electron chi connectivity index (χ3n) is 6.86. The first-order valence-electron chi connectivity index (χ1n) is 11.6. The van der Waals surface area contributed by atoms with Gasteiger partial charge < -0.3 is 20.5 Å². The molecule has 0 radical (unpaired) electrons. The number of alkyl carbamates (subject to hydrolysis) is 1. The zero-order valence-corrected chi connectivity index (χ0v) is 18.8. The summed E-state index contributed by atoms with van der Waals surface area (Å²) in [5, 5.41) is 14.9. The topological polar surface area (TPSA) is 105 Å². The standard InChI is InChI=1S/C26H30N2O5/c1-2-16(24(29)28-23-13-7-12-21(23)25(30)31)14-27-26(32)33-15-22-19-10-5-3-8-17(19)18-9-4-6-11-20(18)22/h3-6,8-11,16,21-23H,2,7,12-15H2,1H3,(H,27,32)(H,28,29)(H,30,31)/t16?,21-,23+/m0/s1. The monoisotopic (exact) mass is 450 g/mol. The highest BCUT2D eigenvalue weighted by Crippen LogP contribution is 2.44. The molecule has 1 fully saturated rings. The van der Waals surface area contributed by atoms with E-state index in [1.54, 1.807) is 0 Å². The lowest BCUT2D eigenvalue weighted by molar-refractivity contribution is -0.142. The molecule has 0 aliphatic heterocycles. The van der Waals surface area contributed by atoms with Crippen LogP contribution in [-0.4, -0.2) is 42.3 Å². The Morgan fingerprint density at radius 3 is 2.27 bits per heavy atom. The minimum atomic E-state index is -0.873. The van der Waals surface area contributed by atoms with Gasteiger partial charge in [0.25, 0.3) is 0 Å². The molecule has 2 aliphatic rings. The molecule has 2 aliphatic carbocycles. The summed E-state index contributed by atoms with van der Waals surface area (Å²) in [6, 6.07) is 15.9. The number of carbonyl (C=O) groups excluding carboxylic acids is 2. The zero-order valence-electron chi connectivity index (χ0n) is 18.8. The van der Waals surface area contributed by atoms with E-state index in [1.165, 1.54) is 0 Å². The number of hydrogen-bond acceptors (Lipinski definition) is 4. The normalized spacial score (nSPS) is 19.9. The van der Waals surface area contributed by atoms with Gasteiger partial charge in [-0.1, -0.05) is 61.9 Å². The molecular formula is C26H30N2O5. The third-order valence-corrected chi connectivity index (χ3v) is 6.86. The van der Waals surface area contributed by atoms with Crippen molar-refractivity contribution >= 4 is 18.0 Å². The Balaban J connectivity index is 1.30. The molecule has 0 aromatic heterocycles. The van der Waals surface area contributed by atoms with Crippen LogP contribution in [0.2, 0.25) is 0 Å². The van der Waals surface area contributed by atoms with E-state index < -0.39 is 23.9 Å². The van der Waals surface area contributed by atoms with E-state index in [4.69, 9.17) is 4.74 Å². The molecule has 7 nitrogen and oxygen atoms in total. The second kappa shape index (κ2) is 10.1. The van der Waals surface area contributed by atoms with Gasteiger partial charge in [0.05, 0.1) is 11.8 Å². The smallest absolute Gasteiger partial charge is 0.407 e. The van der Waals surface area contributed by atoms with E-state index in [-0.39, 0.29) is 31.0 Å². The molecule has 2 aromatic carbocycles. The number of aliphatic carboxylic acids is 1. The number of nitrogens with one attached hydrogen (secondary N) is 2. The number of hydrogen-bond donors (Lipinski definition) is 3. The van der Waals surface area contributed by atoms with Crippen molar-refractivity contribution in [3.8, 4) is 11.1 Å². The number of ether oxygens (including phenoxy) is 1. The fourth-order valence-corrected chi connectivity index (χ4v) is 5.01. The minimum absolute atomic E-state index is 0.0243. The minimum Gasteiger partial charge on any atom is -0.481 e. The molecular weight excluding hydrogens is 420 g/mol. The number of rotatable bonds is 8. The van der Waals surface area contributed by atoms with Gasteiger partial charge in [-0.3, -0.25) is 9.59 Å². The molecule has 3 N–H and O–H groups in total. The highest BCUT2D eigenvalue weighted by atomic mass is 16.5. The lowest BCUT2D eigenvalue weighted by atomic mass is 9.98.